The van der Waals surface area contributed by atoms with Gasteiger partial charge in [0.05, 0.1) is 11.8 Å². The minimum Gasteiger partial charge on any atom is -0.388 e. The highest BCUT2D eigenvalue weighted by atomic mass is 16.3. The molecule has 0 saturated carbocycles. The van der Waals surface area contributed by atoms with Gasteiger partial charge in [-0.05, 0) is 37.5 Å². The number of aromatic nitrogens is 2. The first-order valence-electron chi connectivity index (χ1n) is 6.91. The fourth-order valence-electron chi connectivity index (χ4n) is 2.26. The third-order valence-electron chi connectivity index (χ3n) is 3.39. The summed E-state index contributed by atoms with van der Waals surface area (Å²) < 4.78 is 1.92. The Morgan fingerprint density at radius 2 is 1.95 bits per heavy atom. The molecule has 3 heteroatoms. The molecule has 1 atom stereocenters. The van der Waals surface area contributed by atoms with E-state index < -0.39 is 6.10 Å². The summed E-state index contributed by atoms with van der Waals surface area (Å²) in [7, 11) is 0. The van der Waals surface area contributed by atoms with Crippen molar-refractivity contribution in [1.82, 2.24) is 9.78 Å². The van der Waals surface area contributed by atoms with Gasteiger partial charge in [-0.15, -0.1) is 0 Å². The largest absolute Gasteiger partial charge is 0.388 e. The van der Waals surface area contributed by atoms with E-state index in [1.54, 1.807) is 0 Å². The highest BCUT2D eigenvalue weighted by molar-refractivity contribution is 5.29. The lowest BCUT2D eigenvalue weighted by Crippen LogP contribution is -2.07. The van der Waals surface area contributed by atoms with Gasteiger partial charge in [-0.25, -0.2) is 0 Å². The van der Waals surface area contributed by atoms with Gasteiger partial charge < -0.3 is 5.11 Å². The monoisotopic (exact) mass is 258 g/mol. The zero-order chi connectivity index (χ0) is 13.8. The molecule has 2 rings (SSSR count). The average Bonchev–Trinajstić information content (AvgIpc) is 2.87. The zero-order valence-electron chi connectivity index (χ0n) is 11.9. The number of aryl methyl sites for hydroxylation is 1. The fraction of sp³-hybridized carbons (Fsp3) is 0.438. The summed E-state index contributed by atoms with van der Waals surface area (Å²) in [6.45, 7) is 6.30. The topological polar surface area (TPSA) is 38.0 Å². The molecule has 3 nitrogen and oxygen atoms in total. The van der Waals surface area contributed by atoms with Gasteiger partial charge in [-0.2, -0.15) is 5.10 Å². The summed E-state index contributed by atoms with van der Waals surface area (Å²) >= 11 is 0. The smallest absolute Gasteiger partial charge is 0.0848 e. The lowest BCUT2D eigenvalue weighted by atomic mass is 9.98. The Balaban J connectivity index is 2.13. The van der Waals surface area contributed by atoms with E-state index in [9.17, 15) is 5.11 Å². The first-order valence-corrected chi connectivity index (χ1v) is 6.91. The Morgan fingerprint density at radius 1 is 1.21 bits per heavy atom. The van der Waals surface area contributed by atoms with Crippen LogP contribution in [0, 0.1) is 0 Å². The van der Waals surface area contributed by atoms with Crippen molar-refractivity contribution in [2.45, 2.75) is 45.8 Å². The van der Waals surface area contributed by atoms with Crippen molar-refractivity contribution in [1.29, 1.82) is 0 Å². The number of aliphatic hydroxyl groups excluding tert-OH is 1. The van der Waals surface area contributed by atoms with E-state index in [-0.39, 0.29) is 0 Å². The lowest BCUT2D eigenvalue weighted by Gasteiger charge is -2.13. The summed E-state index contributed by atoms with van der Waals surface area (Å²) in [6, 6.07) is 10.4. The SMILES string of the molecule is CCc1ccccc1C(O)Cc1ccn(C(C)C)n1. The maximum atomic E-state index is 10.4. The number of aliphatic hydroxyl groups is 1. The first-order chi connectivity index (χ1) is 9.11. The highest BCUT2D eigenvalue weighted by Gasteiger charge is 2.13. The van der Waals surface area contributed by atoms with Gasteiger partial charge in [0.1, 0.15) is 0 Å². The van der Waals surface area contributed by atoms with Crippen LogP contribution in [0.25, 0.3) is 0 Å². The van der Waals surface area contributed by atoms with Crippen molar-refractivity contribution in [2.75, 3.05) is 0 Å². The molecule has 0 aliphatic heterocycles. The van der Waals surface area contributed by atoms with Crippen molar-refractivity contribution in [3.8, 4) is 0 Å². The lowest BCUT2D eigenvalue weighted by molar-refractivity contribution is 0.176. The fourth-order valence-corrected chi connectivity index (χ4v) is 2.26. The van der Waals surface area contributed by atoms with Crippen LogP contribution in [0.3, 0.4) is 0 Å². The molecule has 0 spiro atoms. The molecule has 1 aromatic heterocycles. The Kier molecular flexibility index (Phi) is 4.38. The number of hydrogen-bond acceptors (Lipinski definition) is 2. The minimum absolute atomic E-state index is 0.355. The third kappa shape index (κ3) is 3.24. The van der Waals surface area contributed by atoms with Crippen molar-refractivity contribution in [3.63, 3.8) is 0 Å². The summed E-state index contributed by atoms with van der Waals surface area (Å²) in [6.07, 6.45) is 3.00. The zero-order valence-corrected chi connectivity index (χ0v) is 11.9. The van der Waals surface area contributed by atoms with Crippen LogP contribution in [-0.2, 0) is 12.8 Å². The van der Waals surface area contributed by atoms with Crippen LogP contribution < -0.4 is 0 Å². The van der Waals surface area contributed by atoms with Crippen LogP contribution in [0.5, 0.6) is 0 Å². The molecule has 0 saturated heterocycles. The second-order valence-corrected chi connectivity index (χ2v) is 5.15. The Bertz CT molecular complexity index is 531. The van der Waals surface area contributed by atoms with E-state index in [0.29, 0.717) is 12.5 Å². The van der Waals surface area contributed by atoms with Gasteiger partial charge in [-0.3, -0.25) is 4.68 Å². The number of benzene rings is 1. The normalized spacial score (nSPS) is 12.9. The second-order valence-electron chi connectivity index (χ2n) is 5.15. The van der Waals surface area contributed by atoms with Crippen LogP contribution >= 0.6 is 0 Å². The van der Waals surface area contributed by atoms with Gasteiger partial charge in [0.25, 0.3) is 0 Å². The van der Waals surface area contributed by atoms with Crippen LogP contribution in [0.4, 0.5) is 0 Å². The molecule has 0 aliphatic carbocycles. The predicted octanol–water partition coefficient (Wildman–Crippen LogP) is 3.30. The molecular formula is C16H22N2O. The molecule has 102 valence electrons. The van der Waals surface area contributed by atoms with E-state index in [0.717, 1.165) is 17.7 Å². The van der Waals surface area contributed by atoms with E-state index in [2.05, 4.69) is 31.9 Å². The van der Waals surface area contributed by atoms with Crippen molar-refractivity contribution in [2.24, 2.45) is 0 Å². The Morgan fingerprint density at radius 3 is 2.58 bits per heavy atom. The molecule has 0 amide bonds. The summed E-state index contributed by atoms with van der Waals surface area (Å²) in [4.78, 5) is 0. The van der Waals surface area contributed by atoms with Gasteiger partial charge >= 0.3 is 0 Å². The molecule has 1 heterocycles. The van der Waals surface area contributed by atoms with Crippen molar-refractivity contribution < 1.29 is 5.11 Å². The number of hydrogen-bond donors (Lipinski definition) is 1. The van der Waals surface area contributed by atoms with Crippen LogP contribution in [-0.4, -0.2) is 14.9 Å². The molecule has 1 N–H and O–H groups in total. The van der Waals surface area contributed by atoms with Gasteiger partial charge in [0.15, 0.2) is 0 Å². The molecular weight excluding hydrogens is 236 g/mol. The summed E-state index contributed by atoms with van der Waals surface area (Å²) in [5.41, 5.74) is 3.16. The molecule has 2 aromatic rings. The predicted molar refractivity (Wildman–Crippen MR) is 77.1 cm³/mol. The minimum atomic E-state index is -0.480. The Hall–Kier alpha value is -1.61. The number of rotatable bonds is 5. The second kappa shape index (κ2) is 6.02. The van der Waals surface area contributed by atoms with Gasteiger partial charge in [0, 0.05) is 18.7 Å². The first kappa shape index (κ1) is 13.8. The third-order valence-corrected chi connectivity index (χ3v) is 3.39. The van der Waals surface area contributed by atoms with Gasteiger partial charge in [0.2, 0.25) is 0 Å². The molecule has 0 radical (unpaired) electrons. The number of nitrogens with zero attached hydrogens (tertiary/aromatic N) is 2. The Labute approximate surface area is 114 Å². The molecule has 19 heavy (non-hydrogen) atoms. The van der Waals surface area contributed by atoms with Crippen LogP contribution in [0.2, 0.25) is 0 Å². The standard InChI is InChI=1S/C16H22N2O/c1-4-13-7-5-6-8-15(13)16(19)11-14-9-10-18(17-14)12(2)3/h5-10,12,16,19H,4,11H2,1-3H3. The van der Waals surface area contributed by atoms with Gasteiger partial charge in [-0.1, -0.05) is 31.2 Å². The van der Waals surface area contributed by atoms with Crippen molar-refractivity contribution >= 4 is 0 Å². The molecule has 1 unspecified atom stereocenters. The van der Waals surface area contributed by atoms with E-state index in [1.165, 1.54) is 5.56 Å². The van der Waals surface area contributed by atoms with E-state index in [4.69, 9.17) is 0 Å². The van der Waals surface area contributed by atoms with Crippen molar-refractivity contribution in [3.05, 3.63) is 53.3 Å². The summed E-state index contributed by atoms with van der Waals surface area (Å²) in [5.74, 6) is 0. The highest BCUT2D eigenvalue weighted by Crippen LogP contribution is 2.22. The molecule has 0 bridgehead atoms. The average molecular weight is 258 g/mol. The van der Waals surface area contributed by atoms with Crippen LogP contribution in [0.15, 0.2) is 36.5 Å². The quantitative estimate of drug-likeness (QED) is 0.893. The molecule has 0 fully saturated rings. The van der Waals surface area contributed by atoms with E-state index >= 15 is 0 Å². The van der Waals surface area contributed by atoms with Crippen LogP contribution in [0.1, 0.15) is 49.7 Å². The maximum Gasteiger partial charge on any atom is 0.0848 e. The molecule has 1 aromatic carbocycles. The summed E-state index contributed by atoms with van der Waals surface area (Å²) in [5, 5.41) is 14.9. The maximum absolute atomic E-state index is 10.4. The molecule has 0 aliphatic rings. The van der Waals surface area contributed by atoms with E-state index in [1.807, 2.05) is 35.1 Å².